The summed E-state index contributed by atoms with van der Waals surface area (Å²) in [6.45, 7) is 3.96. The second kappa shape index (κ2) is 17.9. The monoisotopic (exact) mass is 368 g/mol. The molecule has 0 bridgehead atoms. The van der Waals surface area contributed by atoms with E-state index in [1.54, 1.807) is 0 Å². The van der Waals surface area contributed by atoms with Gasteiger partial charge in [-0.25, -0.2) is 5.90 Å². The van der Waals surface area contributed by atoms with Gasteiger partial charge in [-0.05, 0) is 48.4 Å². The van der Waals surface area contributed by atoms with Crippen molar-refractivity contribution in [3.63, 3.8) is 0 Å². The van der Waals surface area contributed by atoms with E-state index in [1.165, 1.54) is 12.7 Å². The standard InChI is InChI=1S/C8H10S.C6H7NS.C3H6O.CH5NO/c1-2-7-3-5-8(9)6-4-7;7-5-1-3-6(8)4-2-5;1-2-3-4;1-3-2/h3-6,9H,2H2,1H3;1-4,8H,7H2;3H,2H2,1H3;2H2,1H3. The molecule has 0 saturated carbocycles. The van der Waals surface area contributed by atoms with E-state index in [-0.39, 0.29) is 0 Å². The lowest BCUT2D eigenvalue weighted by Crippen LogP contribution is -1.86. The number of anilines is 1. The highest BCUT2D eigenvalue weighted by Crippen LogP contribution is 2.08. The van der Waals surface area contributed by atoms with E-state index in [2.05, 4.69) is 55.0 Å². The van der Waals surface area contributed by atoms with E-state index < -0.39 is 0 Å². The van der Waals surface area contributed by atoms with Crippen molar-refractivity contribution in [2.24, 2.45) is 5.90 Å². The lowest BCUT2D eigenvalue weighted by molar-refractivity contribution is -0.107. The molecule has 0 amide bonds. The molecule has 0 fully saturated rings. The quantitative estimate of drug-likeness (QED) is 0.277. The van der Waals surface area contributed by atoms with Gasteiger partial charge in [-0.1, -0.05) is 26.0 Å². The second-order valence-corrected chi connectivity index (χ2v) is 5.45. The Kier molecular flexibility index (Phi) is 18.5. The third kappa shape index (κ3) is 16.9. The maximum Gasteiger partial charge on any atom is 0.119 e. The van der Waals surface area contributed by atoms with Gasteiger partial charge < -0.3 is 15.4 Å². The van der Waals surface area contributed by atoms with E-state index in [0.717, 1.165) is 28.2 Å². The van der Waals surface area contributed by atoms with Crippen LogP contribution in [-0.4, -0.2) is 13.4 Å². The third-order valence-electron chi connectivity index (χ3n) is 2.40. The molecule has 0 atom stereocenters. The Morgan fingerprint density at radius 2 is 1.29 bits per heavy atom. The van der Waals surface area contributed by atoms with Gasteiger partial charge in [-0.15, -0.1) is 25.3 Å². The highest BCUT2D eigenvalue weighted by atomic mass is 32.1. The second-order valence-electron chi connectivity index (χ2n) is 4.42. The summed E-state index contributed by atoms with van der Waals surface area (Å²) in [5.41, 5.74) is 7.54. The van der Waals surface area contributed by atoms with E-state index in [4.69, 9.17) is 5.73 Å². The molecule has 134 valence electrons. The minimum absolute atomic E-state index is 0.639. The van der Waals surface area contributed by atoms with Crippen molar-refractivity contribution in [3.8, 4) is 0 Å². The molecule has 2 aromatic carbocycles. The molecule has 6 heteroatoms. The number of hydrogen-bond acceptors (Lipinski definition) is 6. The predicted octanol–water partition coefficient (Wildman–Crippen LogP) is 4.20. The summed E-state index contributed by atoms with van der Waals surface area (Å²) in [6, 6.07) is 15.6. The zero-order valence-corrected chi connectivity index (χ0v) is 16.3. The third-order valence-corrected chi connectivity index (χ3v) is 3.00. The zero-order valence-electron chi connectivity index (χ0n) is 14.5. The lowest BCUT2D eigenvalue weighted by atomic mass is 10.2. The largest absolute Gasteiger partial charge is 0.399 e. The lowest BCUT2D eigenvalue weighted by Gasteiger charge is -1.93. The van der Waals surface area contributed by atoms with E-state index >= 15 is 0 Å². The Labute approximate surface area is 156 Å². The highest BCUT2D eigenvalue weighted by molar-refractivity contribution is 7.80. The summed E-state index contributed by atoms with van der Waals surface area (Å²) in [7, 11) is 1.40. The summed E-state index contributed by atoms with van der Waals surface area (Å²) in [6.07, 6.45) is 2.62. The SMILES string of the molecule is CCC=O.CCc1ccc(S)cc1.CON.Nc1ccc(S)cc1. The zero-order chi connectivity index (χ0) is 18.8. The predicted molar refractivity (Wildman–Crippen MR) is 109 cm³/mol. The first-order chi connectivity index (χ1) is 11.4. The Bertz CT molecular complexity index is 497. The number of carbonyl (C=O) groups excluding carboxylic acids is 1. The molecule has 0 heterocycles. The fourth-order valence-electron chi connectivity index (χ4n) is 1.21. The Morgan fingerprint density at radius 3 is 1.54 bits per heavy atom. The Balaban J connectivity index is 0. The normalized spacial score (nSPS) is 8.42. The van der Waals surface area contributed by atoms with Gasteiger partial charge in [0.15, 0.2) is 0 Å². The molecule has 0 radical (unpaired) electrons. The topological polar surface area (TPSA) is 78.3 Å². The Hall–Kier alpha value is -1.47. The molecular weight excluding hydrogens is 340 g/mol. The summed E-state index contributed by atoms with van der Waals surface area (Å²) in [4.78, 5) is 14.9. The van der Waals surface area contributed by atoms with Crippen LogP contribution < -0.4 is 11.6 Å². The van der Waals surface area contributed by atoms with Crippen molar-refractivity contribution in [2.75, 3.05) is 12.8 Å². The van der Waals surface area contributed by atoms with Crippen LogP contribution >= 0.6 is 25.3 Å². The summed E-state index contributed by atoms with van der Waals surface area (Å²) in [5.74, 6) is 4.35. The van der Waals surface area contributed by atoms with E-state index in [0.29, 0.717) is 6.42 Å². The maximum absolute atomic E-state index is 9.17. The number of hydrogen-bond donors (Lipinski definition) is 4. The average molecular weight is 369 g/mol. The summed E-state index contributed by atoms with van der Waals surface area (Å²) >= 11 is 8.25. The molecule has 24 heavy (non-hydrogen) atoms. The van der Waals surface area contributed by atoms with E-state index in [1.807, 2.05) is 43.3 Å². The number of nitrogen functional groups attached to an aromatic ring is 1. The molecule has 0 spiro atoms. The van der Waals surface area contributed by atoms with Crippen molar-refractivity contribution in [3.05, 3.63) is 54.1 Å². The van der Waals surface area contributed by atoms with Crippen LogP contribution in [0.2, 0.25) is 0 Å². The molecule has 0 unspecified atom stereocenters. The number of carbonyl (C=O) groups is 1. The van der Waals surface area contributed by atoms with Crippen molar-refractivity contribution in [1.82, 2.24) is 0 Å². The number of benzene rings is 2. The number of thiol groups is 2. The van der Waals surface area contributed by atoms with Crippen molar-refractivity contribution in [2.45, 2.75) is 36.5 Å². The van der Waals surface area contributed by atoms with Crippen molar-refractivity contribution in [1.29, 1.82) is 0 Å². The van der Waals surface area contributed by atoms with Gasteiger partial charge >= 0.3 is 0 Å². The molecular formula is C18H28N2O2S2. The van der Waals surface area contributed by atoms with Crippen LogP contribution in [-0.2, 0) is 16.1 Å². The van der Waals surface area contributed by atoms with Gasteiger partial charge in [-0.3, -0.25) is 0 Å². The number of nitrogens with two attached hydrogens (primary N) is 2. The molecule has 4 N–H and O–H groups in total. The van der Waals surface area contributed by atoms with Gasteiger partial charge in [0.1, 0.15) is 6.29 Å². The molecule has 2 rings (SSSR count). The molecule has 0 aliphatic carbocycles. The minimum Gasteiger partial charge on any atom is -0.399 e. The minimum atomic E-state index is 0.639. The molecule has 0 saturated heterocycles. The van der Waals surface area contributed by atoms with Gasteiger partial charge in [0, 0.05) is 21.9 Å². The van der Waals surface area contributed by atoms with Gasteiger partial charge in [0.05, 0.1) is 7.11 Å². The van der Waals surface area contributed by atoms with Crippen LogP contribution in [0.25, 0.3) is 0 Å². The first-order valence-electron chi connectivity index (χ1n) is 7.43. The van der Waals surface area contributed by atoms with Crippen molar-refractivity contribution >= 4 is 37.2 Å². The van der Waals surface area contributed by atoms with Crippen molar-refractivity contribution < 1.29 is 9.63 Å². The molecule has 0 aromatic heterocycles. The number of aldehydes is 1. The molecule has 0 aliphatic rings. The summed E-state index contributed by atoms with van der Waals surface area (Å²) < 4.78 is 0. The van der Waals surface area contributed by atoms with Gasteiger partial charge in [-0.2, -0.15) is 0 Å². The molecule has 2 aromatic rings. The van der Waals surface area contributed by atoms with Crippen LogP contribution in [0.15, 0.2) is 58.3 Å². The van der Waals surface area contributed by atoms with Gasteiger partial charge in [0.2, 0.25) is 0 Å². The maximum atomic E-state index is 9.17. The first-order valence-corrected chi connectivity index (χ1v) is 8.33. The fourth-order valence-corrected chi connectivity index (χ4v) is 1.50. The van der Waals surface area contributed by atoms with Crippen LogP contribution in [0.4, 0.5) is 5.69 Å². The smallest absolute Gasteiger partial charge is 0.119 e. The van der Waals surface area contributed by atoms with Crippen LogP contribution in [0.3, 0.4) is 0 Å². The molecule has 0 aliphatic heterocycles. The van der Waals surface area contributed by atoms with Crippen LogP contribution in [0, 0.1) is 0 Å². The number of rotatable bonds is 2. The summed E-state index contributed by atoms with van der Waals surface area (Å²) in [5, 5.41) is 0. The molecule has 4 nitrogen and oxygen atoms in total. The van der Waals surface area contributed by atoms with Crippen LogP contribution in [0.5, 0.6) is 0 Å². The highest BCUT2D eigenvalue weighted by Gasteiger charge is 1.85. The Morgan fingerprint density at radius 1 is 0.958 bits per heavy atom. The first kappa shape index (κ1) is 24.8. The van der Waals surface area contributed by atoms with E-state index in [9.17, 15) is 4.79 Å². The fraction of sp³-hybridized carbons (Fsp3) is 0.278. The van der Waals surface area contributed by atoms with Gasteiger partial charge in [0.25, 0.3) is 0 Å². The number of aryl methyl sites for hydroxylation is 1. The average Bonchev–Trinajstić information content (AvgIpc) is 2.60. The van der Waals surface area contributed by atoms with Crippen LogP contribution in [0.1, 0.15) is 25.8 Å².